The molecule has 0 aliphatic carbocycles. The van der Waals surface area contributed by atoms with Gasteiger partial charge in [0.15, 0.2) is 5.82 Å². The number of aryl methyl sites for hydroxylation is 1. The standard InChI is InChI=1S/C14H12IN5/c1-20-14(17-18-19-20)12-4-2-3-5-13(12)16-11-8-6-10(15)7-9-11/h2-9,16H,1H3. The number of tetrazole rings is 1. The van der Waals surface area contributed by atoms with E-state index in [0.717, 1.165) is 22.8 Å². The molecule has 6 heteroatoms. The third kappa shape index (κ3) is 2.64. The molecule has 0 unspecified atom stereocenters. The molecular formula is C14H12IN5. The van der Waals surface area contributed by atoms with E-state index in [1.54, 1.807) is 4.68 Å². The number of halogens is 1. The Kier molecular flexibility index (Phi) is 3.64. The molecule has 2 aromatic carbocycles. The van der Waals surface area contributed by atoms with Crippen molar-refractivity contribution in [3.8, 4) is 11.4 Å². The molecule has 0 spiro atoms. The highest BCUT2D eigenvalue weighted by atomic mass is 127. The molecule has 0 aliphatic heterocycles. The van der Waals surface area contributed by atoms with Gasteiger partial charge in [-0.3, -0.25) is 0 Å². The molecule has 0 bridgehead atoms. The van der Waals surface area contributed by atoms with Gasteiger partial charge in [0, 0.05) is 27.6 Å². The third-order valence-electron chi connectivity index (χ3n) is 2.91. The lowest BCUT2D eigenvalue weighted by Gasteiger charge is -2.11. The minimum absolute atomic E-state index is 0.735. The minimum atomic E-state index is 0.735. The van der Waals surface area contributed by atoms with E-state index in [-0.39, 0.29) is 0 Å². The Morgan fingerprint density at radius 3 is 2.50 bits per heavy atom. The number of nitrogens with one attached hydrogen (secondary N) is 1. The lowest BCUT2D eigenvalue weighted by molar-refractivity contribution is 0.715. The van der Waals surface area contributed by atoms with E-state index in [2.05, 4.69) is 55.6 Å². The molecule has 1 aromatic heterocycles. The van der Waals surface area contributed by atoms with Gasteiger partial charge in [-0.2, -0.15) is 0 Å². The van der Waals surface area contributed by atoms with Crippen molar-refractivity contribution in [1.29, 1.82) is 0 Å². The predicted octanol–water partition coefficient (Wildman–Crippen LogP) is 3.23. The van der Waals surface area contributed by atoms with Gasteiger partial charge in [0.25, 0.3) is 0 Å². The molecule has 0 amide bonds. The van der Waals surface area contributed by atoms with Gasteiger partial charge in [0.1, 0.15) is 0 Å². The number of anilines is 2. The van der Waals surface area contributed by atoms with Crippen LogP contribution in [-0.2, 0) is 7.05 Å². The maximum absolute atomic E-state index is 4.06. The number of benzene rings is 2. The summed E-state index contributed by atoms with van der Waals surface area (Å²) in [5, 5.41) is 15.0. The molecule has 0 fully saturated rings. The first-order valence-electron chi connectivity index (χ1n) is 6.08. The second-order valence-corrected chi connectivity index (χ2v) is 5.55. The smallest absolute Gasteiger partial charge is 0.183 e. The van der Waals surface area contributed by atoms with Crippen LogP contribution in [0.1, 0.15) is 0 Å². The minimum Gasteiger partial charge on any atom is -0.355 e. The van der Waals surface area contributed by atoms with E-state index < -0.39 is 0 Å². The highest BCUT2D eigenvalue weighted by molar-refractivity contribution is 14.1. The summed E-state index contributed by atoms with van der Waals surface area (Å²) < 4.78 is 2.87. The molecule has 0 radical (unpaired) electrons. The van der Waals surface area contributed by atoms with Crippen LogP contribution < -0.4 is 5.32 Å². The third-order valence-corrected chi connectivity index (χ3v) is 3.63. The zero-order valence-corrected chi connectivity index (χ0v) is 12.9. The second-order valence-electron chi connectivity index (χ2n) is 4.30. The van der Waals surface area contributed by atoms with Gasteiger partial charge in [-0.1, -0.05) is 12.1 Å². The Labute approximate surface area is 130 Å². The molecule has 1 heterocycles. The maximum Gasteiger partial charge on any atom is 0.183 e. The van der Waals surface area contributed by atoms with Crippen LogP contribution in [0.15, 0.2) is 48.5 Å². The Balaban J connectivity index is 1.98. The average molecular weight is 377 g/mol. The summed E-state index contributed by atoms with van der Waals surface area (Å²) >= 11 is 2.29. The first-order valence-corrected chi connectivity index (χ1v) is 7.16. The van der Waals surface area contributed by atoms with Crippen LogP contribution in [0.3, 0.4) is 0 Å². The first-order chi connectivity index (χ1) is 9.74. The molecule has 3 aromatic rings. The molecule has 0 saturated heterocycles. The van der Waals surface area contributed by atoms with Gasteiger partial charge in [-0.05, 0) is 69.4 Å². The summed E-state index contributed by atoms with van der Waals surface area (Å²) in [6.07, 6.45) is 0. The van der Waals surface area contributed by atoms with Crippen LogP contribution in [0.5, 0.6) is 0 Å². The SMILES string of the molecule is Cn1nnnc1-c1ccccc1Nc1ccc(I)cc1. The lowest BCUT2D eigenvalue weighted by atomic mass is 10.1. The number of hydrogen-bond acceptors (Lipinski definition) is 4. The summed E-state index contributed by atoms with van der Waals surface area (Å²) in [5.41, 5.74) is 2.98. The molecule has 1 N–H and O–H groups in total. The lowest BCUT2D eigenvalue weighted by Crippen LogP contribution is -1.98. The Morgan fingerprint density at radius 2 is 1.80 bits per heavy atom. The fourth-order valence-corrected chi connectivity index (χ4v) is 2.29. The van der Waals surface area contributed by atoms with Crippen LogP contribution in [-0.4, -0.2) is 20.2 Å². The van der Waals surface area contributed by atoms with Gasteiger partial charge in [0.05, 0.1) is 0 Å². The summed E-state index contributed by atoms with van der Waals surface area (Å²) in [7, 11) is 1.83. The molecule has 0 saturated carbocycles. The summed E-state index contributed by atoms with van der Waals surface area (Å²) in [6.45, 7) is 0. The first kappa shape index (κ1) is 13.0. The van der Waals surface area contributed by atoms with Crippen molar-refractivity contribution in [2.45, 2.75) is 0 Å². The van der Waals surface area contributed by atoms with Gasteiger partial charge in [-0.15, -0.1) is 5.10 Å². The van der Waals surface area contributed by atoms with E-state index in [4.69, 9.17) is 0 Å². The fourth-order valence-electron chi connectivity index (χ4n) is 1.93. The number of rotatable bonds is 3. The number of aromatic nitrogens is 4. The quantitative estimate of drug-likeness (QED) is 0.713. The van der Waals surface area contributed by atoms with Crippen molar-refractivity contribution in [2.24, 2.45) is 7.05 Å². The van der Waals surface area contributed by atoms with Crippen LogP contribution in [0.4, 0.5) is 11.4 Å². The topological polar surface area (TPSA) is 55.6 Å². The van der Waals surface area contributed by atoms with E-state index in [1.165, 1.54) is 3.57 Å². The largest absolute Gasteiger partial charge is 0.355 e. The second kappa shape index (κ2) is 5.58. The van der Waals surface area contributed by atoms with Gasteiger partial charge in [0.2, 0.25) is 0 Å². The summed E-state index contributed by atoms with van der Waals surface area (Å²) in [6, 6.07) is 16.2. The van der Waals surface area contributed by atoms with Crippen molar-refractivity contribution >= 4 is 34.0 Å². The molecule has 0 atom stereocenters. The molecular weight excluding hydrogens is 365 g/mol. The van der Waals surface area contributed by atoms with Crippen LogP contribution in [0.25, 0.3) is 11.4 Å². The molecule has 3 rings (SSSR count). The summed E-state index contributed by atoms with van der Waals surface area (Å²) in [5.74, 6) is 0.735. The van der Waals surface area contributed by atoms with Crippen molar-refractivity contribution in [3.63, 3.8) is 0 Å². The van der Waals surface area contributed by atoms with E-state index in [0.29, 0.717) is 0 Å². The predicted molar refractivity (Wildman–Crippen MR) is 86.7 cm³/mol. The van der Waals surface area contributed by atoms with Crippen molar-refractivity contribution in [3.05, 3.63) is 52.1 Å². The molecule has 100 valence electrons. The average Bonchev–Trinajstić information content (AvgIpc) is 2.88. The Bertz CT molecular complexity index is 720. The molecule has 0 aliphatic rings. The van der Waals surface area contributed by atoms with E-state index >= 15 is 0 Å². The number of para-hydroxylation sites is 1. The molecule has 5 nitrogen and oxygen atoms in total. The van der Waals surface area contributed by atoms with E-state index in [1.807, 2.05) is 43.4 Å². The number of hydrogen-bond donors (Lipinski definition) is 1. The van der Waals surface area contributed by atoms with Crippen LogP contribution in [0, 0.1) is 3.57 Å². The van der Waals surface area contributed by atoms with Crippen molar-refractivity contribution in [2.75, 3.05) is 5.32 Å². The maximum atomic E-state index is 4.06. The zero-order chi connectivity index (χ0) is 13.9. The van der Waals surface area contributed by atoms with Crippen molar-refractivity contribution in [1.82, 2.24) is 20.2 Å². The monoisotopic (exact) mass is 377 g/mol. The zero-order valence-electron chi connectivity index (χ0n) is 10.8. The van der Waals surface area contributed by atoms with E-state index in [9.17, 15) is 0 Å². The fraction of sp³-hybridized carbons (Fsp3) is 0.0714. The normalized spacial score (nSPS) is 10.5. The Hall–Kier alpha value is -1.96. The Morgan fingerprint density at radius 1 is 1.05 bits per heavy atom. The molecule has 20 heavy (non-hydrogen) atoms. The van der Waals surface area contributed by atoms with Gasteiger partial charge >= 0.3 is 0 Å². The highest BCUT2D eigenvalue weighted by Gasteiger charge is 2.10. The summed E-state index contributed by atoms with van der Waals surface area (Å²) in [4.78, 5) is 0. The van der Waals surface area contributed by atoms with Crippen LogP contribution >= 0.6 is 22.6 Å². The van der Waals surface area contributed by atoms with Crippen LogP contribution in [0.2, 0.25) is 0 Å². The highest BCUT2D eigenvalue weighted by Crippen LogP contribution is 2.28. The number of nitrogens with zero attached hydrogens (tertiary/aromatic N) is 4. The van der Waals surface area contributed by atoms with Gasteiger partial charge in [-0.25, -0.2) is 4.68 Å². The van der Waals surface area contributed by atoms with Gasteiger partial charge < -0.3 is 5.32 Å². The van der Waals surface area contributed by atoms with Crippen molar-refractivity contribution < 1.29 is 0 Å².